The van der Waals surface area contributed by atoms with E-state index in [1.165, 1.54) is 0 Å². The van der Waals surface area contributed by atoms with Crippen molar-refractivity contribution in [2.75, 3.05) is 0 Å². The summed E-state index contributed by atoms with van der Waals surface area (Å²) in [4.78, 5) is 21.7. The van der Waals surface area contributed by atoms with Crippen LogP contribution in [0.1, 0.15) is 5.56 Å². The number of nitrogens with zero attached hydrogens (tertiary/aromatic N) is 5. The van der Waals surface area contributed by atoms with Crippen molar-refractivity contribution >= 4 is 21.9 Å². The Bertz CT molecular complexity index is 1840. The predicted molar refractivity (Wildman–Crippen MR) is 138 cm³/mol. The van der Waals surface area contributed by atoms with E-state index in [0.717, 1.165) is 50.0 Å². The Morgan fingerprint density at radius 1 is 0.865 bits per heavy atom. The SMILES string of the molecule is c1ccc(COc2cncc(-c3cc4c(-c5nc6c(-c7ccoc7)nccc6[nH]5)n[nH]c4cn3)c2)cc1. The maximum atomic E-state index is 5.96. The molecule has 0 bridgehead atoms. The van der Waals surface area contributed by atoms with Gasteiger partial charge < -0.3 is 14.1 Å². The molecule has 0 fully saturated rings. The van der Waals surface area contributed by atoms with Gasteiger partial charge in [0.2, 0.25) is 0 Å². The number of hydrogen-bond donors (Lipinski definition) is 2. The molecule has 0 saturated carbocycles. The average molecular weight is 486 g/mol. The van der Waals surface area contributed by atoms with Crippen molar-refractivity contribution in [1.82, 2.24) is 35.1 Å². The molecule has 0 aliphatic carbocycles. The smallest absolute Gasteiger partial charge is 0.159 e. The molecule has 178 valence electrons. The van der Waals surface area contributed by atoms with E-state index in [1.54, 1.807) is 37.3 Å². The summed E-state index contributed by atoms with van der Waals surface area (Å²) in [7, 11) is 0. The molecule has 0 atom stereocenters. The Morgan fingerprint density at radius 3 is 2.70 bits per heavy atom. The van der Waals surface area contributed by atoms with Crippen LogP contribution < -0.4 is 4.74 Å². The van der Waals surface area contributed by atoms with Gasteiger partial charge in [-0.3, -0.25) is 20.1 Å². The summed E-state index contributed by atoms with van der Waals surface area (Å²) < 4.78 is 11.2. The molecule has 0 saturated heterocycles. The molecule has 0 spiro atoms. The number of ether oxygens (including phenoxy) is 1. The van der Waals surface area contributed by atoms with E-state index in [9.17, 15) is 0 Å². The quantitative estimate of drug-likeness (QED) is 0.306. The molecule has 0 amide bonds. The molecule has 0 unspecified atom stereocenters. The number of rotatable bonds is 6. The first-order valence-corrected chi connectivity index (χ1v) is 11.7. The van der Waals surface area contributed by atoms with Crippen LogP contribution in [0.25, 0.3) is 56.0 Å². The van der Waals surface area contributed by atoms with E-state index in [2.05, 4.69) is 30.1 Å². The Hall–Kier alpha value is -5.31. The van der Waals surface area contributed by atoms with E-state index in [4.69, 9.17) is 14.1 Å². The minimum Gasteiger partial charge on any atom is -0.487 e. The largest absolute Gasteiger partial charge is 0.487 e. The zero-order chi connectivity index (χ0) is 24.6. The number of aromatic nitrogens is 7. The van der Waals surface area contributed by atoms with Gasteiger partial charge in [-0.1, -0.05) is 30.3 Å². The first-order valence-electron chi connectivity index (χ1n) is 11.7. The van der Waals surface area contributed by atoms with Gasteiger partial charge >= 0.3 is 0 Å². The molecule has 0 aliphatic rings. The van der Waals surface area contributed by atoms with E-state index in [-0.39, 0.29) is 0 Å². The van der Waals surface area contributed by atoms with Crippen LogP contribution in [0.2, 0.25) is 0 Å². The van der Waals surface area contributed by atoms with Crippen LogP contribution in [0.4, 0.5) is 0 Å². The predicted octanol–water partition coefficient (Wildman–Crippen LogP) is 5.80. The van der Waals surface area contributed by atoms with Gasteiger partial charge in [-0.15, -0.1) is 0 Å². The highest BCUT2D eigenvalue weighted by Gasteiger charge is 2.17. The molecule has 1 aromatic carbocycles. The lowest BCUT2D eigenvalue weighted by atomic mass is 10.1. The van der Waals surface area contributed by atoms with Crippen molar-refractivity contribution in [3.63, 3.8) is 0 Å². The molecule has 6 heterocycles. The second-order valence-electron chi connectivity index (χ2n) is 8.52. The summed E-state index contributed by atoms with van der Waals surface area (Å²) in [6, 6.07) is 17.7. The molecule has 7 aromatic rings. The standard InChI is InChI=1S/C28H19N7O2/c1-2-4-17(5-3-1)15-37-20-10-19(12-29-13-20)23-11-21-24(14-31-23)34-35-26(21)28-32-22-6-8-30-25(27(22)33-28)18-7-9-36-16-18/h1-14,16H,15H2,(H,32,33)(H,34,35). The molecular formula is C28H19N7O2. The van der Waals surface area contributed by atoms with Crippen LogP contribution >= 0.6 is 0 Å². The fourth-order valence-electron chi connectivity index (χ4n) is 4.29. The first kappa shape index (κ1) is 21.0. The second kappa shape index (κ2) is 8.72. The summed E-state index contributed by atoms with van der Waals surface area (Å²) >= 11 is 0. The Morgan fingerprint density at radius 2 is 1.81 bits per heavy atom. The average Bonchev–Trinajstić information content (AvgIpc) is 3.71. The zero-order valence-electron chi connectivity index (χ0n) is 19.4. The van der Waals surface area contributed by atoms with Gasteiger partial charge in [0.1, 0.15) is 29.3 Å². The lowest BCUT2D eigenvalue weighted by molar-refractivity contribution is 0.305. The minimum absolute atomic E-state index is 0.464. The molecular weight excluding hydrogens is 466 g/mol. The molecule has 9 nitrogen and oxygen atoms in total. The number of furan rings is 1. The van der Waals surface area contributed by atoms with Crippen molar-refractivity contribution in [1.29, 1.82) is 0 Å². The molecule has 2 N–H and O–H groups in total. The number of pyridine rings is 3. The summed E-state index contributed by atoms with van der Waals surface area (Å²) in [5.41, 5.74) is 7.40. The van der Waals surface area contributed by atoms with Crippen molar-refractivity contribution in [2.45, 2.75) is 6.61 Å². The van der Waals surface area contributed by atoms with Crippen LogP contribution in [0.3, 0.4) is 0 Å². The lowest BCUT2D eigenvalue weighted by Crippen LogP contribution is -1.96. The molecule has 0 aliphatic heterocycles. The fraction of sp³-hybridized carbons (Fsp3) is 0.0357. The highest BCUT2D eigenvalue weighted by Crippen LogP contribution is 2.32. The van der Waals surface area contributed by atoms with Crippen LogP contribution in [-0.2, 0) is 6.61 Å². The third-order valence-corrected chi connectivity index (χ3v) is 6.12. The van der Waals surface area contributed by atoms with Gasteiger partial charge in [-0.2, -0.15) is 5.10 Å². The van der Waals surface area contributed by atoms with Crippen molar-refractivity contribution < 1.29 is 9.15 Å². The second-order valence-corrected chi connectivity index (χ2v) is 8.52. The van der Waals surface area contributed by atoms with Gasteiger partial charge in [0, 0.05) is 28.9 Å². The fourth-order valence-corrected chi connectivity index (χ4v) is 4.29. The molecule has 37 heavy (non-hydrogen) atoms. The summed E-state index contributed by atoms with van der Waals surface area (Å²) in [6.07, 6.45) is 10.3. The summed E-state index contributed by atoms with van der Waals surface area (Å²) in [6.45, 7) is 0.464. The third kappa shape index (κ3) is 3.88. The molecule has 0 radical (unpaired) electrons. The monoisotopic (exact) mass is 485 g/mol. The number of fused-ring (bicyclic) bond motifs is 2. The van der Waals surface area contributed by atoms with E-state index >= 15 is 0 Å². The van der Waals surface area contributed by atoms with E-state index in [0.29, 0.717) is 23.9 Å². The highest BCUT2D eigenvalue weighted by atomic mass is 16.5. The number of aromatic amines is 2. The van der Waals surface area contributed by atoms with Crippen molar-refractivity contribution in [3.05, 3.63) is 97.5 Å². The zero-order valence-corrected chi connectivity index (χ0v) is 19.4. The Labute approximate surface area is 210 Å². The number of hydrogen-bond acceptors (Lipinski definition) is 7. The van der Waals surface area contributed by atoms with Crippen molar-refractivity contribution in [2.24, 2.45) is 0 Å². The van der Waals surface area contributed by atoms with Crippen LogP contribution in [-0.4, -0.2) is 35.1 Å². The number of benzene rings is 1. The van der Waals surface area contributed by atoms with Gasteiger partial charge in [-0.25, -0.2) is 4.98 Å². The van der Waals surface area contributed by atoms with Crippen LogP contribution in [0, 0.1) is 0 Å². The highest BCUT2D eigenvalue weighted by molar-refractivity contribution is 5.96. The van der Waals surface area contributed by atoms with E-state index < -0.39 is 0 Å². The van der Waals surface area contributed by atoms with E-state index in [1.807, 2.05) is 54.6 Å². The third-order valence-electron chi connectivity index (χ3n) is 6.12. The Balaban J connectivity index is 1.24. The van der Waals surface area contributed by atoms with Crippen molar-refractivity contribution in [3.8, 4) is 39.8 Å². The topological polar surface area (TPSA) is 118 Å². The normalized spacial score (nSPS) is 11.4. The summed E-state index contributed by atoms with van der Waals surface area (Å²) in [5, 5.41) is 8.48. The van der Waals surface area contributed by atoms with Gasteiger partial charge in [0.05, 0.1) is 41.6 Å². The van der Waals surface area contributed by atoms with Gasteiger partial charge in [0.25, 0.3) is 0 Å². The maximum Gasteiger partial charge on any atom is 0.159 e. The minimum atomic E-state index is 0.464. The van der Waals surface area contributed by atoms with Crippen LogP contribution in [0.5, 0.6) is 5.75 Å². The maximum absolute atomic E-state index is 5.96. The first-order chi connectivity index (χ1) is 18.3. The van der Waals surface area contributed by atoms with Crippen LogP contribution in [0.15, 0.2) is 96.3 Å². The molecule has 9 heteroatoms. The number of H-pyrrole nitrogens is 2. The number of imidazole rings is 1. The molecule has 6 aromatic heterocycles. The lowest BCUT2D eigenvalue weighted by Gasteiger charge is -2.08. The number of nitrogens with one attached hydrogen (secondary N) is 2. The van der Waals surface area contributed by atoms with Gasteiger partial charge in [0.15, 0.2) is 5.82 Å². The Kier molecular flexibility index (Phi) is 4.95. The van der Waals surface area contributed by atoms with Gasteiger partial charge in [-0.05, 0) is 29.8 Å². The molecule has 7 rings (SSSR count). The summed E-state index contributed by atoms with van der Waals surface area (Å²) in [5.74, 6) is 1.31.